The maximum atomic E-state index is 11.9. The van der Waals surface area contributed by atoms with E-state index in [4.69, 9.17) is 4.74 Å². The fourth-order valence-electron chi connectivity index (χ4n) is 3.10. The number of aromatic amines is 1. The van der Waals surface area contributed by atoms with E-state index >= 15 is 0 Å². The number of hydrogen-bond donors (Lipinski definition) is 3. The van der Waals surface area contributed by atoms with Gasteiger partial charge in [-0.05, 0) is 49.4 Å². The lowest BCUT2D eigenvalue weighted by molar-refractivity contribution is 0.0699. The summed E-state index contributed by atoms with van der Waals surface area (Å²) in [6.07, 6.45) is 0. The summed E-state index contributed by atoms with van der Waals surface area (Å²) >= 11 is 0. The molecule has 4 rings (SSSR count). The van der Waals surface area contributed by atoms with Gasteiger partial charge in [-0.2, -0.15) is 5.10 Å². The molecule has 0 aliphatic rings. The van der Waals surface area contributed by atoms with Crippen LogP contribution < -0.4 is 4.74 Å². The highest BCUT2D eigenvalue weighted by molar-refractivity contribution is 6.08. The number of fused-ring (bicyclic) bond motifs is 1. The average molecular weight is 375 g/mol. The van der Waals surface area contributed by atoms with Gasteiger partial charge in [0.2, 0.25) is 0 Å². The molecule has 2 heterocycles. The van der Waals surface area contributed by atoms with Gasteiger partial charge in [-0.1, -0.05) is 12.1 Å². The molecule has 0 spiro atoms. The Morgan fingerprint density at radius 1 is 1.11 bits per heavy atom. The number of hydrogen-bond acceptors (Lipinski definition) is 5. The van der Waals surface area contributed by atoms with Crippen molar-refractivity contribution in [1.82, 2.24) is 15.2 Å². The number of nitrogens with zero attached hydrogens (tertiary/aromatic N) is 2. The standard InChI is InChI=1S/C21H17N3O4/c1-2-28-15-8-6-12(7-9-15)19-18-16(21(26)27)11-17(22-20(18)24-23-19)13-4-3-5-14(25)10-13/h3-11,25H,2H2,1H3,(H,26,27)(H,22,23,24). The lowest BCUT2D eigenvalue weighted by Crippen LogP contribution is -2.00. The van der Waals surface area contributed by atoms with Crippen molar-refractivity contribution in [1.29, 1.82) is 0 Å². The highest BCUT2D eigenvalue weighted by Crippen LogP contribution is 2.32. The van der Waals surface area contributed by atoms with E-state index in [9.17, 15) is 15.0 Å². The zero-order chi connectivity index (χ0) is 19.7. The number of benzene rings is 2. The molecule has 0 bridgehead atoms. The predicted molar refractivity (Wildman–Crippen MR) is 105 cm³/mol. The number of aromatic carboxylic acids is 1. The van der Waals surface area contributed by atoms with Crippen molar-refractivity contribution in [3.05, 3.63) is 60.2 Å². The van der Waals surface area contributed by atoms with Gasteiger partial charge in [0, 0.05) is 11.1 Å². The number of phenols is 1. The van der Waals surface area contributed by atoms with Crippen LogP contribution in [0, 0.1) is 0 Å². The zero-order valence-electron chi connectivity index (χ0n) is 15.0. The number of rotatable bonds is 5. The van der Waals surface area contributed by atoms with Crippen LogP contribution in [-0.4, -0.2) is 38.0 Å². The third-order valence-electron chi connectivity index (χ3n) is 4.35. The van der Waals surface area contributed by atoms with Gasteiger partial charge in [-0.15, -0.1) is 0 Å². The van der Waals surface area contributed by atoms with E-state index in [2.05, 4.69) is 15.2 Å². The van der Waals surface area contributed by atoms with E-state index in [0.717, 1.165) is 11.3 Å². The minimum absolute atomic E-state index is 0.0772. The first-order chi connectivity index (χ1) is 13.6. The van der Waals surface area contributed by atoms with E-state index in [0.29, 0.717) is 34.6 Å². The van der Waals surface area contributed by atoms with Crippen LogP contribution in [0.3, 0.4) is 0 Å². The van der Waals surface area contributed by atoms with Crippen molar-refractivity contribution in [2.24, 2.45) is 0 Å². The van der Waals surface area contributed by atoms with Crippen molar-refractivity contribution in [2.45, 2.75) is 6.92 Å². The summed E-state index contributed by atoms with van der Waals surface area (Å²) in [5, 5.41) is 27.0. The molecule has 7 heteroatoms. The maximum absolute atomic E-state index is 11.9. The Morgan fingerprint density at radius 2 is 1.89 bits per heavy atom. The van der Waals surface area contributed by atoms with Gasteiger partial charge in [0.1, 0.15) is 11.5 Å². The molecule has 0 atom stereocenters. The first kappa shape index (κ1) is 17.5. The smallest absolute Gasteiger partial charge is 0.336 e. The fraction of sp³-hybridized carbons (Fsp3) is 0.0952. The molecule has 0 radical (unpaired) electrons. The molecule has 0 fully saturated rings. The Kier molecular flexibility index (Phi) is 4.41. The lowest BCUT2D eigenvalue weighted by Gasteiger charge is -2.07. The van der Waals surface area contributed by atoms with Gasteiger partial charge in [0.25, 0.3) is 0 Å². The molecular formula is C21H17N3O4. The fourth-order valence-corrected chi connectivity index (χ4v) is 3.10. The number of carboxylic acid groups (broad SMARTS) is 1. The Labute approximate surface area is 160 Å². The summed E-state index contributed by atoms with van der Waals surface area (Å²) in [7, 11) is 0. The minimum atomic E-state index is -1.08. The topological polar surface area (TPSA) is 108 Å². The summed E-state index contributed by atoms with van der Waals surface area (Å²) < 4.78 is 5.45. The number of ether oxygens (including phenoxy) is 1. The van der Waals surface area contributed by atoms with Gasteiger partial charge < -0.3 is 14.9 Å². The first-order valence-electron chi connectivity index (χ1n) is 8.72. The number of aromatic hydroxyl groups is 1. The van der Waals surface area contributed by atoms with Gasteiger partial charge >= 0.3 is 5.97 Å². The average Bonchev–Trinajstić information content (AvgIpc) is 3.12. The van der Waals surface area contributed by atoms with E-state index in [1.165, 1.54) is 12.1 Å². The zero-order valence-corrected chi connectivity index (χ0v) is 15.0. The molecular weight excluding hydrogens is 358 g/mol. The second kappa shape index (κ2) is 7.03. The van der Waals surface area contributed by atoms with Crippen LogP contribution >= 0.6 is 0 Å². The molecule has 0 saturated heterocycles. The SMILES string of the molecule is CCOc1ccc(-c2[nH]nc3nc(-c4cccc(O)c4)cc(C(=O)O)c23)cc1. The molecule has 2 aromatic carbocycles. The monoisotopic (exact) mass is 375 g/mol. The third-order valence-corrected chi connectivity index (χ3v) is 4.35. The number of carboxylic acids is 1. The summed E-state index contributed by atoms with van der Waals surface area (Å²) in [6.45, 7) is 2.47. The summed E-state index contributed by atoms with van der Waals surface area (Å²) in [4.78, 5) is 16.4. The highest BCUT2D eigenvalue weighted by atomic mass is 16.5. The van der Waals surface area contributed by atoms with Crippen molar-refractivity contribution in [3.8, 4) is 34.0 Å². The molecule has 140 valence electrons. The third kappa shape index (κ3) is 3.14. The minimum Gasteiger partial charge on any atom is -0.508 e. The molecule has 0 unspecified atom stereocenters. The normalized spacial score (nSPS) is 10.9. The van der Waals surface area contributed by atoms with Crippen molar-refractivity contribution in [2.75, 3.05) is 6.61 Å². The molecule has 0 amide bonds. The molecule has 7 nitrogen and oxygen atoms in total. The van der Waals surface area contributed by atoms with E-state index in [-0.39, 0.29) is 11.3 Å². The second-order valence-electron chi connectivity index (χ2n) is 6.17. The van der Waals surface area contributed by atoms with E-state index in [1.54, 1.807) is 18.2 Å². The van der Waals surface area contributed by atoms with Gasteiger partial charge in [-0.25, -0.2) is 9.78 Å². The second-order valence-corrected chi connectivity index (χ2v) is 6.17. The quantitative estimate of drug-likeness (QED) is 0.485. The largest absolute Gasteiger partial charge is 0.508 e. The van der Waals surface area contributed by atoms with Crippen LogP contribution in [-0.2, 0) is 0 Å². The van der Waals surface area contributed by atoms with Crippen LogP contribution in [0.5, 0.6) is 11.5 Å². The highest BCUT2D eigenvalue weighted by Gasteiger charge is 2.20. The van der Waals surface area contributed by atoms with Crippen molar-refractivity contribution in [3.63, 3.8) is 0 Å². The Morgan fingerprint density at radius 3 is 2.57 bits per heavy atom. The molecule has 0 aliphatic carbocycles. The van der Waals surface area contributed by atoms with Crippen molar-refractivity contribution < 1.29 is 19.7 Å². The lowest BCUT2D eigenvalue weighted by atomic mass is 10.0. The molecule has 0 aliphatic heterocycles. The first-order valence-corrected chi connectivity index (χ1v) is 8.72. The number of H-pyrrole nitrogens is 1. The molecule has 0 saturated carbocycles. The van der Waals surface area contributed by atoms with Crippen LogP contribution in [0.4, 0.5) is 0 Å². The summed E-state index contributed by atoms with van der Waals surface area (Å²) in [5.41, 5.74) is 2.76. The molecule has 28 heavy (non-hydrogen) atoms. The number of aromatic nitrogens is 3. The number of pyridine rings is 1. The number of nitrogens with one attached hydrogen (secondary N) is 1. The summed E-state index contributed by atoms with van der Waals surface area (Å²) in [6, 6.07) is 15.3. The van der Waals surface area contributed by atoms with E-state index < -0.39 is 5.97 Å². The van der Waals surface area contributed by atoms with Gasteiger partial charge in [0.15, 0.2) is 5.65 Å². The molecule has 3 N–H and O–H groups in total. The molecule has 2 aromatic heterocycles. The Balaban J connectivity index is 1.87. The van der Waals surface area contributed by atoms with Crippen LogP contribution in [0.25, 0.3) is 33.5 Å². The maximum Gasteiger partial charge on any atom is 0.336 e. The van der Waals surface area contributed by atoms with Gasteiger partial charge in [-0.3, -0.25) is 5.10 Å². The summed E-state index contributed by atoms with van der Waals surface area (Å²) in [5.74, 6) is -0.270. The Bertz CT molecular complexity index is 1170. The van der Waals surface area contributed by atoms with Crippen LogP contribution in [0.2, 0.25) is 0 Å². The van der Waals surface area contributed by atoms with Crippen LogP contribution in [0.15, 0.2) is 54.6 Å². The van der Waals surface area contributed by atoms with Crippen LogP contribution in [0.1, 0.15) is 17.3 Å². The Hall–Kier alpha value is -3.87. The molecule has 4 aromatic rings. The van der Waals surface area contributed by atoms with E-state index in [1.807, 2.05) is 31.2 Å². The van der Waals surface area contributed by atoms with Gasteiger partial charge in [0.05, 0.1) is 28.9 Å². The number of phenolic OH excluding ortho intramolecular Hbond substituents is 1. The van der Waals surface area contributed by atoms with Crippen molar-refractivity contribution >= 4 is 17.0 Å². The predicted octanol–water partition coefficient (Wildman–Crippen LogP) is 4.09. The number of carbonyl (C=O) groups is 1.